The zero-order valence-electron chi connectivity index (χ0n) is 7.31. The Hall–Kier alpha value is -1.39. The fraction of sp³-hybridized carbons (Fsp3) is 0.375. The highest BCUT2D eigenvalue weighted by Crippen LogP contribution is 2.34. The van der Waals surface area contributed by atoms with E-state index < -0.39 is 17.2 Å². The molecule has 0 aromatic carbocycles. The van der Waals surface area contributed by atoms with Crippen molar-refractivity contribution in [1.29, 1.82) is 0 Å². The molecule has 0 saturated heterocycles. The Morgan fingerprint density at radius 2 is 2.15 bits per heavy atom. The van der Waals surface area contributed by atoms with E-state index in [1.165, 1.54) is 0 Å². The predicted molar refractivity (Wildman–Crippen MR) is 45.0 cm³/mol. The van der Waals surface area contributed by atoms with Crippen LogP contribution in [0.4, 0.5) is 14.6 Å². The van der Waals surface area contributed by atoms with Crippen molar-refractivity contribution in [3.63, 3.8) is 0 Å². The first-order chi connectivity index (χ1) is 5.95. The molecule has 0 aliphatic heterocycles. The summed E-state index contributed by atoms with van der Waals surface area (Å²) in [6.45, 7) is 0.724. The highest BCUT2D eigenvalue weighted by molar-refractivity contribution is 5.44. The van der Waals surface area contributed by atoms with Gasteiger partial charge in [0, 0.05) is 14.0 Å². The van der Waals surface area contributed by atoms with Gasteiger partial charge in [-0.1, -0.05) is 0 Å². The number of rotatable bonds is 2. The van der Waals surface area contributed by atoms with Gasteiger partial charge in [0.05, 0.1) is 11.8 Å². The highest BCUT2D eigenvalue weighted by atomic mass is 19.3. The molecule has 0 amide bonds. The van der Waals surface area contributed by atoms with Crippen LogP contribution in [-0.4, -0.2) is 17.1 Å². The minimum atomic E-state index is -3.06. The van der Waals surface area contributed by atoms with Crippen molar-refractivity contribution in [2.45, 2.75) is 12.8 Å². The Labute approximate surface area is 74.4 Å². The summed E-state index contributed by atoms with van der Waals surface area (Å²) in [5.74, 6) is -3.25. The molecule has 0 bridgehead atoms. The second-order valence-electron chi connectivity index (χ2n) is 2.73. The molecule has 0 fully saturated rings. The second kappa shape index (κ2) is 3.16. The Morgan fingerprint density at radius 1 is 1.54 bits per heavy atom. The van der Waals surface area contributed by atoms with Crippen LogP contribution in [0.1, 0.15) is 12.5 Å². The van der Waals surface area contributed by atoms with Gasteiger partial charge >= 0.3 is 0 Å². The SMILES string of the molecule is CNc1cc(C(C)(F)F)c(O)cn1. The van der Waals surface area contributed by atoms with Gasteiger partial charge < -0.3 is 10.4 Å². The molecule has 0 unspecified atom stereocenters. The third-order valence-corrected chi connectivity index (χ3v) is 1.61. The van der Waals surface area contributed by atoms with Crippen LogP contribution >= 0.6 is 0 Å². The van der Waals surface area contributed by atoms with Crippen LogP contribution in [0.3, 0.4) is 0 Å². The molecule has 3 nitrogen and oxygen atoms in total. The second-order valence-corrected chi connectivity index (χ2v) is 2.73. The summed E-state index contributed by atoms with van der Waals surface area (Å²) in [6.07, 6.45) is 0.999. The molecule has 13 heavy (non-hydrogen) atoms. The van der Waals surface area contributed by atoms with Crippen molar-refractivity contribution < 1.29 is 13.9 Å². The van der Waals surface area contributed by atoms with Gasteiger partial charge in [-0.05, 0) is 6.07 Å². The molecule has 0 spiro atoms. The van der Waals surface area contributed by atoms with Crippen molar-refractivity contribution in [1.82, 2.24) is 4.98 Å². The average Bonchev–Trinajstić information content (AvgIpc) is 2.03. The number of nitrogens with one attached hydrogen (secondary N) is 1. The van der Waals surface area contributed by atoms with E-state index in [1.807, 2.05) is 0 Å². The van der Waals surface area contributed by atoms with E-state index in [0.29, 0.717) is 5.82 Å². The maximum atomic E-state index is 12.8. The van der Waals surface area contributed by atoms with Gasteiger partial charge in [-0.25, -0.2) is 13.8 Å². The molecule has 2 N–H and O–H groups in total. The minimum absolute atomic E-state index is 0.300. The van der Waals surface area contributed by atoms with Crippen molar-refractivity contribution in [2.24, 2.45) is 0 Å². The van der Waals surface area contributed by atoms with Crippen LogP contribution in [0, 0.1) is 0 Å². The van der Waals surface area contributed by atoms with Crippen molar-refractivity contribution in [2.75, 3.05) is 12.4 Å². The molecule has 1 aromatic heterocycles. The first-order valence-corrected chi connectivity index (χ1v) is 3.70. The van der Waals surface area contributed by atoms with Crippen LogP contribution in [0.15, 0.2) is 12.3 Å². The van der Waals surface area contributed by atoms with Gasteiger partial charge in [-0.15, -0.1) is 0 Å². The number of aromatic nitrogens is 1. The summed E-state index contributed by atoms with van der Waals surface area (Å²) >= 11 is 0. The highest BCUT2D eigenvalue weighted by Gasteiger charge is 2.28. The Kier molecular flexibility index (Phi) is 2.36. The van der Waals surface area contributed by atoms with Gasteiger partial charge in [-0.2, -0.15) is 0 Å². The van der Waals surface area contributed by atoms with Gasteiger partial charge in [0.25, 0.3) is 5.92 Å². The zero-order chi connectivity index (χ0) is 10.1. The van der Waals surface area contributed by atoms with Crippen LogP contribution in [0.5, 0.6) is 5.75 Å². The van der Waals surface area contributed by atoms with E-state index in [-0.39, 0.29) is 0 Å². The van der Waals surface area contributed by atoms with Gasteiger partial charge in [-0.3, -0.25) is 0 Å². The first-order valence-electron chi connectivity index (χ1n) is 3.70. The van der Waals surface area contributed by atoms with E-state index in [4.69, 9.17) is 5.11 Å². The summed E-state index contributed by atoms with van der Waals surface area (Å²) in [4.78, 5) is 3.68. The summed E-state index contributed by atoms with van der Waals surface area (Å²) in [5.41, 5.74) is -0.424. The molecular weight excluding hydrogens is 178 g/mol. The van der Waals surface area contributed by atoms with Gasteiger partial charge in [0.2, 0.25) is 0 Å². The monoisotopic (exact) mass is 188 g/mol. The van der Waals surface area contributed by atoms with Crippen LogP contribution < -0.4 is 5.32 Å². The molecule has 0 aliphatic carbocycles. The third kappa shape index (κ3) is 2.05. The zero-order valence-corrected chi connectivity index (χ0v) is 7.31. The fourth-order valence-electron chi connectivity index (χ4n) is 0.936. The predicted octanol–water partition coefficient (Wildman–Crippen LogP) is 1.94. The normalized spacial score (nSPS) is 11.4. The lowest BCUT2D eigenvalue weighted by atomic mass is 10.1. The average molecular weight is 188 g/mol. The molecule has 0 aliphatic rings. The molecule has 0 atom stereocenters. The summed E-state index contributed by atoms with van der Waals surface area (Å²) in [7, 11) is 1.57. The van der Waals surface area contributed by atoms with Crippen molar-refractivity contribution >= 4 is 5.82 Å². The molecule has 72 valence electrons. The number of anilines is 1. The van der Waals surface area contributed by atoms with Gasteiger partial charge in [0.15, 0.2) is 0 Å². The van der Waals surface area contributed by atoms with Crippen molar-refractivity contribution in [3.8, 4) is 5.75 Å². The number of hydrogen-bond donors (Lipinski definition) is 2. The van der Waals surface area contributed by atoms with E-state index >= 15 is 0 Å². The summed E-state index contributed by atoms with van der Waals surface area (Å²) in [6, 6.07) is 1.12. The number of halogens is 2. The summed E-state index contributed by atoms with van der Waals surface area (Å²) in [5, 5.41) is 11.7. The molecule has 1 rings (SSSR count). The minimum Gasteiger partial charge on any atom is -0.506 e. The van der Waals surface area contributed by atoms with E-state index in [0.717, 1.165) is 19.2 Å². The molecule has 5 heteroatoms. The van der Waals surface area contributed by atoms with Crippen LogP contribution in [0.25, 0.3) is 0 Å². The van der Waals surface area contributed by atoms with Crippen LogP contribution in [0.2, 0.25) is 0 Å². The maximum absolute atomic E-state index is 12.8. The summed E-state index contributed by atoms with van der Waals surface area (Å²) < 4.78 is 25.6. The van der Waals surface area contributed by atoms with Crippen LogP contribution in [-0.2, 0) is 5.92 Å². The lowest BCUT2D eigenvalue weighted by Gasteiger charge is -2.12. The lowest BCUT2D eigenvalue weighted by molar-refractivity contribution is 0.0151. The van der Waals surface area contributed by atoms with E-state index in [2.05, 4.69) is 10.3 Å². The van der Waals surface area contributed by atoms with Crippen molar-refractivity contribution in [3.05, 3.63) is 17.8 Å². The smallest absolute Gasteiger partial charge is 0.274 e. The van der Waals surface area contributed by atoms with Gasteiger partial charge in [0.1, 0.15) is 11.6 Å². The molecular formula is C8H10F2N2O. The third-order valence-electron chi connectivity index (χ3n) is 1.61. The first kappa shape index (κ1) is 9.70. The number of hydrogen-bond acceptors (Lipinski definition) is 3. The molecule has 0 radical (unpaired) electrons. The number of alkyl halides is 2. The quantitative estimate of drug-likeness (QED) is 0.745. The number of aromatic hydroxyl groups is 1. The largest absolute Gasteiger partial charge is 0.506 e. The molecule has 1 heterocycles. The lowest BCUT2D eigenvalue weighted by Crippen LogP contribution is -2.08. The Bertz CT molecular complexity index is 310. The Balaban J connectivity index is 3.19. The molecule has 1 aromatic rings. The Morgan fingerprint density at radius 3 is 2.62 bits per heavy atom. The maximum Gasteiger partial charge on any atom is 0.274 e. The molecule has 0 saturated carbocycles. The van der Waals surface area contributed by atoms with E-state index in [1.54, 1.807) is 7.05 Å². The fourth-order valence-corrected chi connectivity index (χ4v) is 0.936. The number of nitrogens with zero attached hydrogens (tertiary/aromatic N) is 1. The van der Waals surface area contributed by atoms with E-state index in [9.17, 15) is 8.78 Å². The number of pyridine rings is 1. The standard InChI is InChI=1S/C8H10F2N2O/c1-8(9,10)5-3-7(11-2)12-4-6(5)13/h3-4,13H,1-2H3,(H,11,12). The topological polar surface area (TPSA) is 45.1 Å².